The molecule has 21 heavy (non-hydrogen) atoms. The van der Waals surface area contributed by atoms with Gasteiger partial charge in [-0.2, -0.15) is 0 Å². The summed E-state index contributed by atoms with van der Waals surface area (Å²) >= 11 is 0. The van der Waals surface area contributed by atoms with Gasteiger partial charge in [0.1, 0.15) is 0 Å². The number of rotatable bonds is 10. The van der Waals surface area contributed by atoms with E-state index in [1.165, 1.54) is 0 Å². The average Bonchev–Trinajstić information content (AvgIpc) is 2.47. The number of carbonyl (C=O) groups excluding carboxylic acids is 1. The first kappa shape index (κ1) is 17.1. The molecule has 0 radical (unpaired) electrons. The summed E-state index contributed by atoms with van der Waals surface area (Å²) in [5.74, 6) is -1.00. The summed E-state index contributed by atoms with van der Waals surface area (Å²) in [6, 6.07) is 6.62. The van der Waals surface area contributed by atoms with Gasteiger partial charge < -0.3 is 19.9 Å². The first-order chi connectivity index (χ1) is 10.1. The summed E-state index contributed by atoms with van der Waals surface area (Å²) in [6.45, 7) is 1.90. The fourth-order valence-electron chi connectivity index (χ4n) is 1.66. The van der Waals surface area contributed by atoms with Crippen molar-refractivity contribution in [3.63, 3.8) is 0 Å². The predicted octanol–water partition coefficient (Wildman–Crippen LogP) is 1.10. The lowest BCUT2D eigenvalue weighted by atomic mass is 10.1. The third-order valence-corrected chi connectivity index (χ3v) is 2.84. The van der Waals surface area contributed by atoms with Gasteiger partial charge in [0.05, 0.1) is 25.4 Å². The molecule has 0 aromatic heterocycles. The zero-order valence-corrected chi connectivity index (χ0v) is 12.1. The summed E-state index contributed by atoms with van der Waals surface area (Å²) in [4.78, 5) is 22.2. The standard InChI is InChI=1S/C15H21NO5/c1-20-10-11-21-9-7-14(17)16-8-6-12-2-4-13(5-3-12)15(18)19/h2-5H,6-11H2,1H3,(H,16,17)(H,18,19). The highest BCUT2D eigenvalue weighted by Gasteiger charge is 2.03. The number of benzene rings is 1. The second kappa shape index (κ2) is 9.90. The fraction of sp³-hybridized carbons (Fsp3) is 0.467. The molecule has 116 valence electrons. The molecule has 0 spiro atoms. The minimum atomic E-state index is -0.941. The largest absolute Gasteiger partial charge is 0.478 e. The molecular weight excluding hydrogens is 274 g/mol. The molecule has 0 atom stereocenters. The van der Waals surface area contributed by atoms with E-state index in [0.717, 1.165) is 5.56 Å². The van der Waals surface area contributed by atoms with Crippen LogP contribution in [0.25, 0.3) is 0 Å². The second-order valence-electron chi connectivity index (χ2n) is 4.46. The van der Waals surface area contributed by atoms with Crippen molar-refractivity contribution in [2.45, 2.75) is 12.8 Å². The summed E-state index contributed by atoms with van der Waals surface area (Å²) in [6.07, 6.45) is 0.984. The number of carboxylic acid groups (broad SMARTS) is 1. The summed E-state index contributed by atoms with van der Waals surface area (Å²) in [7, 11) is 1.60. The number of aromatic carboxylic acids is 1. The Kier molecular flexibility index (Phi) is 8.08. The lowest BCUT2D eigenvalue weighted by Crippen LogP contribution is -2.26. The predicted molar refractivity (Wildman–Crippen MR) is 77.4 cm³/mol. The number of methoxy groups -OCH3 is 1. The van der Waals surface area contributed by atoms with Gasteiger partial charge in [-0.25, -0.2) is 4.79 Å². The van der Waals surface area contributed by atoms with E-state index < -0.39 is 5.97 Å². The van der Waals surface area contributed by atoms with Crippen LogP contribution in [-0.2, 0) is 20.7 Å². The molecule has 1 amide bonds. The molecule has 0 aliphatic carbocycles. The maximum atomic E-state index is 11.5. The Morgan fingerprint density at radius 3 is 2.48 bits per heavy atom. The minimum absolute atomic E-state index is 0.0606. The van der Waals surface area contributed by atoms with Crippen LogP contribution >= 0.6 is 0 Å². The number of carbonyl (C=O) groups is 2. The van der Waals surface area contributed by atoms with Crippen LogP contribution in [0.2, 0.25) is 0 Å². The van der Waals surface area contributed by atoms with Crippen molar-refractivity contribution in [2.75, 3.05) is 33.5 Å². The van der Waals surface area contributed by atoms with Gasteiger partial charge in [-0.05, 0) is 24.1 Å². The van der Waals surface area contributed by atoms with E-state index in [4.69, 9.17) is 14.6 Å². The van der Waals surface area contributed by atoms with Gasteiger partial charge in [-0.3, -0.25) is 4.79 Å². The lowest BCUT2D eigenvalue weighted by Gasteiger charge is -2.06. The zero-order chi connectivity index (χ0) is 15.5. The highest BCUT2D eigenvalue weighted by Crippen LogP contribution is 2.04. The van der Waals surface area contributed by atoms with Crippen LogP contribution < -0.4 is 5.32 Å². The third-order valence-electron chi connectivity index (χ3n) is 2.84. The Balaban J connectivity index is 2.15. The van der Waals surface area contributed by atoms with Crippen LogP contribution in [0.15, 0.2) is 24.3 Å². The van der Waals surface area contributed by atoms with Crippen molar-refractivity contribution in [2.24, 2.45) is 0 Å². The van der Waals surface area contributed by atoms with E-state index in [-0.39, 0.29) is 11.5 Å². The first-order valence-corrected chi connectivity index (χ1v) is 6.79. The summed E-state index contributed by atoms with van der Waals surface area (Å²) < 4.78 is 10.0. The number of hydrogen-bond acceptors (Lipinski definition) is 4. The Bertz CT molecular complexity index is 444. The Labute approximate surface area is 124 Å². The minimum Gasteiger partial charge on any atom is -0.478 e. The summed E-state index contributed by atoms with van der Waals surface area (Å²) in [5.41, 5.74) is 1.24. The quantitative estimate of drug-likeness (QED) is 0.631. The number of nitrogens with one attached hydrogen (secondary N) is 1. The van der Waals surface area contributed by atoms with Crippen molar-refractivity contribution in [1.82, 2.24) is 5.32 Å². The first-order valence-electron chi connectivity index (χ1n) is 6.79. The van der Waals surface area contributed by atoms with Crippen molar-refractivity contribution >= 4 is 11.9 Å². The Hall–Kier alpha value is -1.92. The van der Waals surface area contributed by atoms with Gasteiger partial charge in [0.25, 0.3) is 0 Å². The smallest absolute Gasteiger partial charge is 0.335 e. The van der Waals surface area contributed by atoms with Crippen LogP contribution in [0.5, 0.6) is 0 Å². The topological polar surface area (TPSA) is 84.9 Å². The van der Waals surface area contributed by atoms with Crippen LogP contribution in [0, 0.1) is 0 Å². The molecule has 0 heterocycles. The van der Waals surface area contributed by atoms with Crippen molar-refractivity contribution < 1.29 is 24.2 Å². The molecule has 1 aromatic carbocycles. The Morgan fingerprint density at radius 1 is 1.14 bits per heavy atom. The van der Waals surface area contributed by atoms with Crippen molar-refractivity contribution in [3.05, 3.63) is 35.4 Å². The lowest BCUT2D eigenvalue weighted by molar-refractivity contribution is -0.122. The Morgan fingerprint density at radius 2 is 1.86 bits per heavy atom. The molecule has 0 bridgehead atoms. The normalized spacial score (nSPS) is 10.3. The molecule has 1 rings (SSSR count). The molecule has 0 saturated heterocycles. The maximum Gasteiger partial charge on any atom is 0.335 e. The molecule has 2 N–H and O–H groups in total. The van der Waals surface area contributed by atoms with E-state index in [2.05, 4.69) is 5.32 Å². The van der Waals surface area contributed by atoms with E-state index in [0.29, 0.717) is 39.2 Å². The highest BCUT2D eigenvalue weighted by molar-refractivity contribution is 5.87. The second-order valence-corrected chi connectivity index (χ2v) is 4.46. The molecule has 6 nitrogen and oxygen atoms in total. The monoisotopic (exact) mass is 295 g/mol. The highest BCUT2D eigenvalue weighted by atomic mass is 16.5. The molecule has 0 saturated carbocycles. The fourth-order valence-corrected chi connectivity index (χ4v) is 1.66. The number of carboxylic acids is 1. The van der Waals surface area contributed by atoms with Gasteiger partial charge in [0.15, 0.2) is 0 Å². The average molecular weight is 295 g/mol. The maximum absolute atomic E-state index is 11.5. The van der Waals surface area contributed by atoms with Crippen molar-refractivity contribution in [1.29, 1.82) is 0 Å². The molecule has 6 heteroatoms. The molecule has 0 aliphatic heterocycles. The van der Waals surface area contributed by atoms with Crippen LogP contribution in [0.4, 0.5) is 0 Å². The van der Waals surface area contributed by atoms with E-state index >= 15 is 0 Å². The van der Waals surface area contributed by atoms with Gasteiger partial charge in [-0.1, -0.05) is 12.1 Å². The van der Waals surface area contributed by atoms with Gasteiger partial charge in [-0.15, -0.1) is 0 Å². The van der Waals surface area contributed by atoms with Gasteiger partial charge in [0.2, 0.25) is 5.91 Å². The van der Waals surface area contributed by atoms with E-state index in [1.807, 2.05) is 0 Å². The molecule has 0 unspecified atom stereocenters. The molecule has 0 aliphatic rings. The third kappa shape index (κ3) is 7.43. The molecule has 0 fully saturated rings. The SMILES string of the molecule is COCCOCCC(=O)NCCc1ccc(C(=O)O)cc1. The molecule has 1 aromatic rings. The van der Waals surface area contributed by atoms with Crippen molar-refractivity contribution in [3.8, 4) is 0 Å². The number of ether oxygens (including phenoxy) is 2. The molecular formula is C15H21NO5. The van der Waals surface area contributed by atoms with Crippen LogP contribution in [0.1, 0.15) is 22.3 Å². The van der Waals surface area contributed by atoms with Gasteiger partial charge >= 0.3 is 5.97 Å². The van der Waals surface area contributed by atoms with E-state index in [9.17, 15) is 9.59 Å². The van der Waals surface area contributed by atoms with Crippen LogP contribution in [0.3, 0.4) is 0 Å². The zero-order valence-electron chi connectivity index (χ0n) is 12.1. The number of amides is 1. The summed E-state index contributed by atoms with van der Waals surface area (Å²) in [5, 5.41) is 11.6. The van der Waals surface area contributed by atoms with Gasteiger partial charge in [0, 0.05) is 20.1 Å². The van der Waals surface area contributed by atoms with Crippen LogP contribution in [-0.4, -0.2) is 50.5 Å². The number of hydrogen-bond donors (Lipinski definition) is 2. The van der Waals surface area contributed by atoms with E-state index in [1.54, 1.807) is 31.4 Å².